The van der Waals surface area contributed by atoms with Crippen LogP contribution in [0.25, 0.3) is 0 Å². The molecule has 0 radical (unpaired) electrons. The summed E-state index contributed by atoms with van der Waals surface area (Å²) in [4.78, 5) is 10.1. The van der Waals surface area contributed by atoms with Crippen molar-refractivity contribution in [1.29, 1.82) is 0 Å². The number of likely N-dealkylation sites (N-methyl/N-ethyl adjacent to an activating group) is 1. The Morgan fingerprint density at radius 1 is 1.38 bits per heavy atom. The third kappa shape index (κ3) is 3.99. The first kappa shape index (κ1) is 15.9. The van der Waals surface area contributed by atoms with Gasteiger partial charge in [0.1, 0.15) is 0 Å². The summed E-state index contributed by atoms with van der Waals surface area (Å²) in [5.74, 6) is -0.124. The summed E-state index contributed by atoms with van der Waals surface area (Å²) in [6, 6.07) is 5.84. The van der Waals surface area contributed by atoms with Gasteiger partial charge in [-0.2, -0.15) is 0 Å². The van der Waals surface area contributed by atoms with Crippen LogP contribution in [0.5, 0.6) is 0 Å². The Labute approximate surface area is 124 Å². The lowest BCUT2D eigenvalue weighted by Crippen LogP contribution is -2.47. The normalized spacial score (nSPS) is 20.3. The fourth-order valence-corrected chi connectivity index (χ4v) is 4.06. The summed E-state index contributed by atoms with van der Waals surface area (Å²) < 4.78 is 26.3. The first-order chi connectivity index (χ1) is 9.92. The number of non-ortho nitro benzene ring substituents is 1. The number of nitro groups is 1. The van der Waals surface area contributed by atoms with Crippen LogP contribution in [0.4, 0.5) is 5.69 Å². The summed E-state index contributed by atoms with van der Waals surface area (Å²) in [6.07, 6.45) is 1.81. The van der Waals surface area contributed by atoms with E-state index in [4.69, 9.17) is 0 Å². The fraction of sp³-hybridized carbons (Fsp3) is 0.538. The summed E-state index contributed by atoms with van der Waals surface area (Å²) in [5, 5.41) is 13.7. The third-order valence-corrected chi connectivity index (χ3v) is 5.50. The van der Waals surface area contributed by atoms with Gasteiger partial charge in [-0.1, -0.05) is 12.1 Å². The highest BCUT2D eigenvalue weighted by atomic mass is 32.2. The van der Waals surface area contributed by atoms with Crippen LogP contribution in [0, 0.1) is 10.1 Å². The van der Waals surface area contributed by atoms with Crippen molar-refractivity contribution >= 4 is 15.7 Å². The van der Waals surface area contributed by atoms with Crippen LogP contribution in [0.3, 0.4) is 0 Å². The molecule has 1 unspecified atom stereocenters. The molecular weight excluding hydrogens is 294 g/mol. The molecule has 8 heteroatoms. The molecule has 1 heterocycles. The molecule has 21 heavy (non-hydrogen) atoms. The van der Waals surface area contributed by atoms with Gasteiger partial charge in [-0.3, -0.25) is 10.1 Å². The molecule has 1 aliphatic rings. The Morgan fingerprint density at radius 2 is 2.05 bits per heavy atom. The first-order valence-corrected chi connectivity index (χ1v) is 8.42. The van der Waals surface area contributed by atoms with E-state index in [-0.39, 0.29) is 17.5 Å². The molecule has 1 fully saturated rings. The van der Waals surface area contributed by atoms with E-state index in [0.29, 0.717) is 18.7 Å². The van der Waals surface area contributed by atoms with E-state index < -0.39 is 14.9 Å². The van der Waals surface area contributed by atoms with Crippen molar-refractivity contribution in [2.45, 2.75) is 24.6 Å². The van der Waals surface area contributed by atoms with Crippen LogP contribution < -0.4 is 5.32 Å². The number of piperidine rings is 1. The van der Waals surface area contributed by atoms with E-state index in [1.54, 1.807) is 0 Å². The van der Waals surface area contributed by atoms with Gasteiger partial charge in [0.2, 0.25) is 10.0 Å². The van der Waals surface area contributed by atoms with Gasteiger partial charge in [0.05, 0.1) is 10.7 Å². The molecule has 0 bridgehead atoms. The molecule has 7 nitrogen and oxygen atoms in total. The molecule has 0 spiro atoms. The Balaban J connectivity index is 2.08. The minimum Gasteiger partial charge on any atom is -0.316 e. The van der Waals surface area contributed by atoms with Crippen LogP contribution in [-0.4, -0.2) is 43.8 Å². The molecule has 0 aliphatic carbocycles. The average Bonchev–Trinajstić information content (AvgIpc) is 2.47. The van der Waals surface area contributed by atoms with Crippen LogP contribution in [0.15, 0.2) is 24.3 Å². The highest BCUT2D eigenvalue weighted by Crippen LogP contribution is 2.19. The van der Waals surface area contributed by atoms with Crippen molar-refractivity contribution in [3.05, 3.63) is 39.9 Å². The molecule has 2 rings (SSSR count). The Bertz CT molecular complexity index is 600. The topological polar surface area (TPSA) is 92.6 Å². The van der Waals surface area contributed by atoms with Crippen LogP contribution in [-0.2, 0) is 15.8 Å². The van der Waals surface area contributed by atoms with Crippen LogP contribution >= 0.6 is 0 Å². The van der Waals surface area contributed by atoms with E-state index in [1.165, 1.54) is 28.6 Å². The van der Waals surface area contributed by atoms with Gasteiger partial charge in [0.25, 0.3) is 5.69 Å². The summed E-state index contributed by atoms with van der Waals surface area (Å²) in [7, 11) is -1.56. The average molecular weight is 313 g/mol. The number of nitrogens with one attached hydrogen (secondary N) is 1. The maximum atomic E-state index is 12.4. The second-order valence-corrected chi connectivity index (χ2v) is 7.13. The number of nitro benzene ring substituents is 1. The van der Waals surface area contributed by atoms with Crippen LogP contribution in [0.1, 0.15) is 18.4 Å². The van der Waals surface area contributed by atoms with Crippen molar-refractivity contribution in [2.24, 2.45) is 0 Å². The van der Waals surface area contributed by atoms with E-state index in [0.717, 1.165) is 12.8 Å². The number of rotatable bonds is 5. The summed E-state index contributed by atoms with van der Waals surface area (Å²) in [6.45, 7) is 1.01. The maximum Gasteiger partial charge on any atom is 0.269 e. The molecule has 1 aromatic carbocycles. The monoisotopic (exact) mass is 313 g/mol. The zero-order valence-electron chi connectivity index (χ0n) is 11.9. The van der Waals surface area contributed by atoms with E-state index >= 15 is 0 Å². The van der Waals surface area contributed by atoms with Crippen molar-refractivity contribution in [3.63, 3.8) is 0 Å². The predicted octanol–water partition coefficient (Wildman–Crippen LogP) is 1.11. The second-order valence-electron chi connectivity index (χ2n) is 5.17. The highest BCUT2D eigenvalue weighted by Gasteiger charge is 2.28. The van der Waals surface area contributed by atoms with Gasteiger partial charge in [-0.15, -0.1) is 0 Å². The second kappa shape index (κ2) is 6.50. The maximum absolute atomic E-state index is 12.4. The van der Waals surface area contributed by atoms with Crippen molar-refractivity contribution in [2.75, 3.05) is 20.1 Å². The molecule has 1 N–H and O–H groups in total. The fourth-order valence-electron chi connectivity index (χ4n) is 2.45. The molecule has 1 atom stereocenters. The van der Waals surface area contributed by atoms with Gasteiger partial charge in [0.15, 0.2) is 0 Å². The van der Waals surface area contributed by atoms with Gasteiger partial charge in [0, 0.05) is 31.3 Å². The van der Waals surface area contributed by atoms with E-state index in [1.807, 2.05) is 7.05 Å². The van der Waals surface area contributed by atoms with Crippen LogP contribution in [0.2, 0.25) is 0 Å². The number of hydrogen-bond donors (Lipinski definition) is 1. The van der Waals surface area contributed by atoms with Crippen molar-refractivity contribution < 1.29 is 13.3 Å². The minimum atomic E-state index is -3.39. The van der Waals surface area contributed by atoms with Gasteiger partial charge in [-0.05, 0) is 25.5 Å². The minimum absolute atomic E-state index is 0.0376. The zero-order chi connectivity index (χ0) is 15.5. The molecule has 1 aliphatic heterocycles. The number of nitrogens with zero attached hydrogens (tertiary/aromatic N) is 2. The first-order valence-electron chi connectivity index (χ1n) is 6.81. The van der Waals surface area contributed by atoms with Crippen molar-refractivity contribution in [3.8, 4) is 0 Å². The number of sulfonamides is 1. The van der Waals surface area contributed by atoms with E-state index in [2.05, 4.69) is 5.32 Å². The van der Waals surface area contributed by atoms with Gasteiger partial charge in [-0.25, -0.2) is 12.7 Å². The smallest absolute Gasteiger partial charge is 0.269 e. The summed E-state index contributed by atoms with van der Waals surface area (Å²) >= 11 is 0. The zero-order valence-corrected chi connectivity index (χ0v) is 12.7. The van der Waals surface area contributed by atoms with Crippen molar-refractivity contribution in [1.82, 2.24) is 9.62 Å². The third-order valence-electron chi connectivity index (χ3n) is 3.68. The van der Waals surface area contributed by atoms with E-state index in [9.17, 15) is 18.5 Å². The Kier molecular flexibility index (Phi) is 4.92. The lowest BCUT2D eigenvalue weighted by molar-refractivity contribution is -0.384. The standard InChI is InChI=1S/C13H19N3O4S/c1-14-12-3-2-8-15(9-12)21(19,20)10-11-4-6-13(7-5-11)16(17)18/h4-7,12,14H,2-3,8-10H2,1H3. The summed E-state index contributed by atoms with van der Waals surface area (Å²) in [5.41, 5.74) is 0.525. The molecular formula is C13H19N3O4S. The quantitative estimate of drug-likeness (QED) is 0.649. The molecule has 1 aromatic rings. The lowest BCUT2D eigenvalue weighted by atomic mass is 10.1. The number of hydrogen-bond acceptors (Lipinski definition) is 5. The molecule has 1 saturated heterocycles. The van der Waals surface area contributed by atoms with Gasteiger partial charge >= 0.3 is 0 Å². The van der Waals surface area contributed by atoms with Gasteiger partial charge < -0.3 is 5.32 Å². The Hall–Kier alpha value is -1.51. The molecule has 0 amide bonds. The molecule has 0 saturated carbocycles. The predicted molar refractivity (Wildman–Crippen MR) is 79.4 cm³/mol. The molecule has 0 aromatic heterocycles. The molecule has 116 valence electrons. The lowest BCUT2D eigenvalue weighted by Gasteiger charge is -2.31. The Morgan fingerprint density at radius 3 is 2.62 bits per heavy atom. The SMILES string of the molecule is CNC1CCCN(S(=O)(=O)Cc2ccc([N+](=O)[O-])cc2)C1. The highest BCUT2D eigenvalue weighted by molar-refractivity contribution is 7.88. The number of benzene rings is 1. The largest absolute Gasteiger partial charge is 0.316 e.